The number of hydrogen-bond donors (Lipinski definition) is 1. The summed E-state index contributed by atoms with van der Waals surface area (Å²) >= 11 is 9.13. The molecule has 106 valence electrons. The van der Waals surface area contributed by atoms with Gasteiger partial charge in [-0.3, -0.25) is 19.7 Å². The number of nitrogens with one attached hydrogen (secondary N) is 1. The molecule has 2 rings (SSSR count). The van der Waals surface area contributed by atoms with Crippen molar-refractivity contribution in [2.75, 3.05) is 6.54 Å². The lowest BCUT2D eigenvalue weighted by Crippen LogP contribution is -2.65. The quantitative estimate of drug-likeness (QED) is 0.780. The Bertz CT molecular complexity index is 616. The first-order valence-corrected chi connectivity index (χ1v) is 7.02. The van der Waals surface area contributed by atoms with E-state index in [2.05, 4.69) is 21.2 Å². The second kappa shape index (κ2) is 5.18. The highest BCUT2D eigenvalue weighted by Gasteiger charge is 2.43. The van der Waals surface area contributed by atoms with E-state index < -0.39 is 23.3 Å². The topological polar surface area (TPSA) is 66.5 Å². The van der Waals surface area contributed by atoms with E-state index >= 15 is 0 Å². The number of benzene rings is 1. The summed E-state index contributed by atoms with van der Waals surface area (Å²) in [7, 11) is 0. The highest BCUT2D eigenvalue weighted by molar-refractivity contribution is 9.10. The minimum atomic E-state index is -1.09. The van der Waals surface area contributed by atoms with Gasteiger partial charge in [0.05, 0.1) is 5.02 Å². The second-order valence-electron chi connectivity index (χ2n) is 4.96. The van der Waals surface area contributed by atoms with E-state index in [1.807, 2.05) is 0 Å². The molecule has 0 saturated carbocycles. The SMILES string of the molecule is CC1(C)C(=O)NC(=O)CN1C(=O)c1ccc(Cl)c(Br)c1. The maximum atomic E-state index is 12.5. The lowest BCUT2D eigenvalue weighted by Gasteiger charge is -2.40. The molecular weight excluding hydrogens is 348 g/mol. The third-order valence-electron chi connectivity index (χ3n) is 3.20. The van der Waals surface area contributed by atoms with Gasteiger partial charge in [-0.05, 0) is 48.0 Å². The minimum absolute atomic E-state index is 0.155. The Morgan fingerprint density at radius 1 is 1.40 bits per heavy atom. The van der Waals surface area contributed by atoms with Crippen molar-refractivity contribution in [3.63, 3.8) is 0 Å². The Kier molecular flexibility index (Phi) is 3.88. The summed E-state index contributed by atoms with van der Waals surface area (Å²) in [4.78, 5) is 37.1. The van der Waals surface area contributed by atoms with Crippen molar-refractivity contribution in [3.05, 3.63) is 33.3 Å². The molecule has 1 heterocycles. The molecule has 0 spiro atoms. The van der Waals surface area contributed by atoms with Crippen LogP contribution in [-0.2, 0) is 9.59 Å². The monoisotopic (exact) mass is 358 g/mol. The van der Waals surface area contributed by atoms with Gasteiger partial charge in [0.2, 0.25) is 5.91 Å². The Morgan fingerprint density at radius 3 is 2.65 bits per heavy atom. The van der Waals surface area contributed by atoms with Gasteiger partial charge >= 0.3 is 0 Å². The van der Waals surface area contributed by atoms with E-state index in [1.165, 1.54) is 4.90 Å². The highest BCUT2D eigenvalue weighted by atomic mass is 79.9. The number of carbonyl (C=O) groups is 3. The molecule has 0 aromatic heterocycles. The lowest BCUT2D eigenvalue weighted by atomic mass is 9.97. The van der Waals surface area contributed by atoms with E-state index in [-0.39, 0.29) is 6.54 Å². The molecule has 0 bridgehead atoms. The average Bonchev–Trinajstić information content (AvgIpc) is 2.36. The maximum absolute atomic E-state index is 12.5. The number of piperazine rings is 1. The highest BCUT2D eigenvalue weighted by Crippen LogP contribution is 2.26. The Hall–Kier alpha value is -1.40. The van der Waals surface area contributed by atoms with Gasteiger partial charge in [0.25, 0.3) is 11.8 Å². The van der Waals surface area contributed by atoms with Gasteiger partial charge in [0, 0.05) is 10.0 Å². The molecule has 1 aromatic rings. The van der Waals surface area contributed by atoms with Crippen LogP contribution >= 0.6 is 27.5 Å². The molecule has 1 aliphatic heterocycles. The number of imide groups is 1. The van der Waals surface area contributed by atoms with Crippen LogP contribution in [-0.4, -0.2) is 34.7 Å². The molecule has 20 heavy (non-hydrogen) atoms. The molecule has 7 heteroatoms. The van der Waals surface area contributed by atoms with Crippen molar-refractivity contribution in [2.24, 2.45) is 0 Å². The van der Waals surface area contributed by atoms with Crippen LogP contribution in [0.2, 0.25) is 5.02 Å². The summed E-state index contributed by atoms with van der Waals surface area (Å²) in [5.41, 5.74) is -0.728. The van der Waals surface area contributed by atoms with E-state index in [9.17, 15) is 14.4 Å². The molecule has 1 N–H and O–H groups in total. The van der Waals surface area contributed by atoms with Crippen LogP contribution in [0.3, 0.4) is 0 Å². The fourth-order valence-corrected chi connectivity index (χ4v) is 2.39. The Labute approximate surface area is 129 Å². The third kappa shape index (κ3) is 2.58. The van der Waals surface area contributed by atoms with Gasteiger partial charge in [0.15, 0.2) is 0 Å². The molecule has 0 aliphatic carbocycles. The third-order valence-corrected chi connectivity index (χ3v) is 4.41. The molecule has 0 unspecified atom stereocenters. The normalized spacial score (nSPS) is 17.9. The Balaban J connectivity index is 2.38. The fraction of sp³-hybridized carbons (Fsp3) is 0.308. The number of halogens is 2. The van der Waals surface area contributed by atoms with Gasteiger partial charge in [-0.15, -0.1) is 0 Å². The molecule has 3 amide bonds. The van der Waals surface area contributed by atoms with Gasteiger partial charge in [-0.1, -0.05) is 11.6 Å². The number of nitrogens with zero attached hydrogens (tertiary/aromatic N) is 1. The summed E-state index contributed by atoms with van der Waals surface area (Å²) in [6.45, 7) is 3.03. The van der Waals surface area contributed by atoms with Gasteiger partial charge in [0.1, 0.15) is 12.1 Å². The molecule has 1 saturated heterocycles. The molecule has 5 nitrogen and oxygen atoms in total. The van der Waals surface area contributed by atoms with Crippen molar-refractivity contribution < 1.29 is 14.4 Å². The minimum Gasteiger partial charge on any atom is -0.315 e. The summed E-state index contributed by atoms with van der Waals surface area (Å²) < 4.78 is 0.579. The predicted octanol–water partition coefficient (Wildman–Crippen LogP) is 1.98. The Morgan fingerprint density at radius 2 is 2.05 bits per heavy atom. The van der Waals surface area contributed by atoms with Crippen LogP contribution in [0.5, 0.6) is 0 Å². The molecule has 1 aromatic carbocycles. The smallest absolute Gasteiger partial charge is 0.255 e. The largest absolute Gasteiger partial charge is 0.315 e. The van der Waals surface area contributed by atoms with Crippen LogP contribution in [0.1, 0.15) is 24.2 Å². The zero-order chi connectivity index (χ0) is 15.1. The van der Waals surface area contributed by atoms with E-state index in [1.54, 1.807) is 32.0 Å². The van der Waals surface area contributed by atoms with Gasteiger partial charge in [-0.25, -0.2) is 0 Å². The molecule has 1 aliphatic rings. The van der Waals surface area contributed by atoms with Crippen molar-refractivity contribution in [1.29, 1.82) is 0 Å². The van der Waals surface area contributed by atoms with E-state index in [4.69, 9.17) is 11.6 Å². The first kappa shape index (κ1) is 15.0. The van der Waals surface area contributed by atoms with E-state index in [0.29, 0.717) is 15.1 Å². The van der Waals surface area contributed by atoms with Crippen molar-refractivity contribution in [2.45, 2.75) is 19.4 Å². The number of carbonyl (C=O) groups excluding carboxylic acids is 3. The maximum Gasteiger partial charge on any atom is 0.255 e. The molecule has 0 atom stereocenters. The van der Waals surface area contributed by atoms with Gasteiger partial charge in [-0.2, -0.15) is 0 Å². The summed E-state index contributed by atoms with van der Waals surface area (Å²) in [6.07, 6.45) is 0. The first-order valence-electron chi connectivity index (χ1n) is 5.85. The summed E-state index contributed by atoms with van der Waals surface area (Å²) in [5.74, 6) is -1.37. The van der Waals surface area contributed by atoms with Crippen LogP contribution in [0, 0.1) is 0 Å². The second-order valence-corrected chi connectivity index (χ2v) is 6.22. The fourth-order valence-electron chi connectivity index (χ4n) is 1.89. The average molecular weight is 360 g/mol. The van der Waals surface area contributed by atoms with Crippen LogP contribution in [0.15, 0.2) is 22.7 Å². The van der Waals surface area contributed by atoms with Crippen molar-refractivity contribution in [3.8, 4) is 0 Å². The standard InChI is InChI=1S/C13H12BrClN2O3/c1-13(2)12(20)16-10(18)6-17(13)11(19)7-3-4-9(15)8(14)5-7/h3-5H,6H2,1-2H3,(H,16,18,20). The number of amides is 3. The summed E-state index contributed by atoms with van der Waals surface area (Å²) in [5, 5.41) is 2.70. The predicted molar refractivity (Wildman–Crippen MR) is 77.4 cm³/mol. The number of hydrogen-bond acceptors (Lipinski definition) is 3. The molecule has 1 fully saturated rings. The zero-order valence-corrected chi connectivity index (χ0v) is 13.2. The molecular formula is C13H12BrClN2O3. The lowest BCUT2D eigenvalue weighted by molar-refractivity contribution is -0.143. The zero-order valence-electron chi connectivity index (χ0n) is 10.9. The van der Waals surface area contributed by atoms with E-state index in [0.717, 1.165) is 0 Å². The van der Waals surface area contributed by atoms with Crippen LogP contribution in [0.4, 0.5) is 0 Å². The summed E-state index contributed by atoms with van der Waals surface area (Å²) in [6, 6.07) is 4.71. The first-order chi connectivity index (χ1) is 9.23. The van der Waals surface area contributed by atoms with Crippen molar-refractivity contribution >= 4 is 45.3 Å². The molecule has 0 radical (unpaired) electrons. The van der Waals surface area contributed by atoms with Crippen LogP contribution < -0.4 is 5.32 Å². The van der Waals surface area contributed by atoms with Crippen molar-refractivity contribution in [1.82, 2.24) is 10.2 Å². The number of rotatable bonds is 1. The van der Waals surface area contributed by atoms with Crippen LogP contribution in [0.25, 0.3) is 0 Å². The van der Waals surface area contributed by atoms with Gasteiger partial charge < -0.3 is 4.90 Å².